The molecule has 1 aromatic carbocycles. The largest absolute Gasteiger partial charge is 0.437 e. The minimum absolute atomic E-state index is 0.0392. The highest BCUT2D eigenvalue weighted by molar-refractivity contribution is 5.91. The number of carbonyl (C=O) groups is 1. The van der Waals surface area contributed by atoms with Gasteiger partial charge in [0.25, 0.3) is 0 Å². The van der Waals surface area contributed by atoms with E-state index in [1.165, 1.54) is 6.08 Å². The van der Waals surface area contributed by atoms with Crippen molar-refractivity contribution in [3.8, 4) is 0 Å². The van der Waals surface area contributed by atoms with Crippen molar-refractivity contribution in [1.29, 1.82) is 0 Å². The van der Waals surface area contributed by atoms with Crippen LogP contribution in [0.1, 0.15) is 19.2 Å². The molecule has 2 rings (SSSR count). The van der Waals surface area contributed by atoms with Crippen molar-refractivity contribution in [1.82, 2.24) is 9.88 Å². The van der Waals surface area contributed by atoms with Crippen molar-refractivity contribution < 1.29 is 14.3 Å². The van der Waals surface area contributed by atoms with Gasteiger partial charge in [0.05, 0.1) is 6.61 Å². The molecule has 0 aliphatic heterocycles. The Kier molecular flexibility index (Phi) is 4.90. The molecule has 0 saturated heterocycles. The first-order valence-electron chi connectivity index (χ1n) is 6.68. The second-order valence-corrected chi connectivity index (χ2v) is 4.40. The first kappa shape index (κ1) is 14.3. The number of aliphatic hydroxyl groups is 1. The summed E-state index contributed by atoms with van der Waals surface area (Å²) >= 11 is 0. The zero-order chi connectivity index (χ0) is 14.4. The topological polar surface area (TPSA) is 66.6 Å². The lowest BCUT2D eigenvalue weighted by Gasteiger charge is -2.18. The van der Waals surface area contributed by atoms with Gasteiger partial charge in [-0.05, 0) is 18.6 Å². The number of benzene rings is 1. The second kappa shape index (κ2) is 6.86. The molecule has 0 aliphatic carbocycles. The van der Waals surface area contributed by atoms with Gasteiger partial charge in [0.1, 0.15) is 5.52 Å². The maximum atomic E-state index is 12.0. The summed E-state index contributed by atoms with van der Waals surface area (Å²) in [5.74, 6) is 0.253. The number of oxazole rings is 1. The van der Waals surface area contributed by atoms with Crippen molar-refractivity contribution in [2.45, 2.75) is 13.3 Å². The fourth-order valence-corrected chi connectivity index (χ4v) is 1.93. The van der Waals surface area contributed by atoms with Crippen LogP contribution in [0, 0.1) is 0 Å². The summed E-state index contributed by atoms with van der Waals surface area (Å²) in [6.45, 7) is 2.91. The predicted octanol–water partition coefficient (Wildman–Crippen LogP) is 2.07. The molecule has 0 fully saturated rings. The van der Waals surface area contributed by atoms with Crippen molar-refractivity contribution in [3.05, 3.63) is 36.2 Å². The van der Waals surface area contributed by atoms with Gasteiger partial charge in [-0.3, -0.25) is 4.79 Å². The van der Waals surface area contributed by atoms with E-state index in [0.29, 0.717) is 24.6 Å². The van der Waals surface area contributed by atoms with Gasteiger partial charge < -0.3 is 14.4 Å². The number of carbonyl (C=O) groups excluding carboxylic acids is 1. The summed E-state index contributed by atoms with van der Waals surface area (Å²) in [5.41, 5.74) is 1.46. The molecule has 0 saturated carbocycles. The molecule has 0 aliphatic rings. The lowest BCUT2D eigenvalue weighted by Crippen LogP contribution is -2.32. The molecular formula is C15H18N2O3. The molecule has 1 aromatic heterocycles. The lowest BCUT2D eigenvalue weighted by atomic mass is 10.3. The molecule has 0 atom stereocenters. The average Bonchev–Trinajstić information content (AvgIpc) is 2.87. The van der Waals surface area contributed by atoms with Crippen LogP contribution in [0.25, 0.3) is 17.2 Å². The molecule has 0 radical (unpaired) electrons. The summed E-state index contributed by atoms with van der Waals surface area (Å²) in [6.07, 6.45) is 3.83. The molecule has 20 heavy (non-hydrogen) atoms. The van der Waals surface area contributed by atoms with Crippen molar-refractivity contribution in [2.75, 3.05) is 19.7 Å². The fraction of sp³-hybridized carbons (Fsp3) is 0.333. The molecule has 5 heteroatoms. The van der Waals surface area contributed by atoms with Gasteiger partial charge in [-0.15, -0.1) is 0 Å². The van der Waals surface area contributed by atoms with Crippen LogP contribution in [0.5, 0.6) is 0 Å². The maximum absolute atomic E-state index is 12.0. The number of nitrogens with zero attached hydrogens (tertiary/aromatic N) is 2. The molecule has 0 spiro atoms. The van der Waals surface area contributed by atoms with Crippen LogP contribution >= 0.6 is 0 Å². The normalized spacial score (nSPS) is 11.3. The van der Waals surface area contributed by atoms with Gasteiger partial charge >= 0.3 is 0 Å². The van der Waals surface area contributed by atoms with Gasteiger partial charge in [0.15, 0.2) is 5.58 Å². The number of aromatic nitrogens is 1. The number of aliphatic hydroxyl groups excluding tert-OH is 1. The van der Waals surface area contributed by atoms with Gasteiger partial charge in [-0.2, -0.15) is 0 Å². The summed E-state index contributed by atoms with van der Waals surface area (Å²) < 4.78 is 5.50. The Balaban J connectivity index is 2.08. The third-order valence-corrected chi connectivity index (χ3v) is 2.85. The Bertz CT molecular complexity index is 565. The van der Waals surface area contributed by atoms with Crippen molar-refractivity contribution in [3.63, 3.8) is 0 Å². The number of hydrogen-bond donors (Lipinski definition) is 1. The molecule has 1 N–H and O–H groups in total. The van der Waals surface area contributed by atoms with Crippen LogP contribution in [0.2, 0.25) is 0 Å². The predicted molar refractivity (Wildman–Crippen MR) is 77.0 cm³/mol. The van der Waals surface area contributed by atoms with Crippen LogP contribution in [0.15, 0.2) is 34.8 Å². The van der Waals surface area contributed by atoms with E-state index in [1.807, 2.05) is 31.2 Å². The van der Waals surface area contributed by atoms with E-state index in [2.05, 4.69) is 4.98 Å². The van der Waals surface area contributed by atoms with E-state index >= 15 is 0 Å². The van der Waals surface area contributed by atoms with Gasteiger partial charge in [0.2, 0.25) is 11.8 Å². The Hall–Kier alpha value is -2.14. The average molecular weight is 274 g/mol. The summed E-state index contributed by atoms with van der Waals surface area (Å²) in [7, 11) is 0. The molecular weight excluding hydrogens is 256 g/mol. The molecule has 1 heterocycles. The van der Waals surface area contributed by atoms with Crippen LogP contribution in [0.3, 0.4) is 0 Å². The van der Waals surface area contributed by atoms with E-state index < -0.39 is 0 Å². The van der Waals surface area contributed by atoms with Crippen LogP contribution in [-0.4, -0.2) is 40.6 Å². The Morgan fingerprint density at radius 2 is 2.20 bits per heavy atom. The number of rotatable bonds is 6. The quantitative estimate of drug-likeness (QED) is 0.819. The van der Waals surface area contributed by atoms with Crippen molar-refractivity contribution >= 4 is 23.1 Å². The lowest BCUT2D eigenvalue weighted by molar-refractivity contribution is -0.126. The number of para-hydroxylation sites is 2. The van der Waals surface area contributed by atoms with Crippen LogP contribution in [0.4, 0.5) is 0 Å². The first-order valence-corrected chi connectivity index (χ1v) is 6.68. The monoisotopic (exact) mass is 274 g/mol. The van der Waals surface area contributed by atoms with Crippen LogP contribution < -0.4 is 0 Å². The van der Waals surface area contributed by atoms with E-state index in [1.54, 1.807) is 11.0 Å². The highest BCUT2D eigenvalue weighted by Crippen LogP contribution is 2.15. The van der Waals surface area contributed by atoms with E-state index in [-0.39, 0.29) is 12.5 Å². The zero-order valence-corrected chi connectivity index (χ0v) is 11.5. The first-order chi connectivity index (χ1) is 9.74. The highest BCUT2D eigenvalue weighted by Gasteiger charge is 2.09. The van der Waals surface area contributed by atoms with Crippen molar-refractivity contribution in [2.24, 2.45) is 0 Å². The van der Waals surface area contributed by atoms with E-state index in [0.717, 1.165) is 11.9 Å². The maximum Gasteiger partial charge on any atom is 0.246 e. The molecule has 5 nitrogen and oxygen atoms in total. The summed E-state index contributed by atoms with van der Waals surface area (Å²) in [6, 6.07) is 7.44. The molecule has 2 aromatic rings. The minimum Gasteiger partial charge on any atom is -0.437 e. The van der Waals surface area contributed by atoms with Crippen LogP contribution in [-0.2, 0) is 4.79 Å². The number of hydrogen-bond acceptors (Lipinski definition) is 4. The fourth-order valence-electron chi connectivity index (χ4n) is 1.93. The van der Waals surface area contributed by atoms with Gasteiger partial charge in [0, 0.05) is 25.2 Å². The molecule has 1 amide bonds. The number of amides is 1. The standard InChI is InChI=1S/C15H18N2O3/c1-2-9-17(10-11-18)15(19)8-7-14-16-12-5-3-4-6-13(12)20-14/h3-8,18H,2,9-11H2,1H3. The Morgan fingerprint density at radius 3 is 2.90 bits per heavy atom. The summed E-state index contributed by atoms with van der Waals surface area (Å²) in [5, 5.41) is 8.94. The third kappa shape index (κ3) is 3.45. The molecule has 0 unspecified atom stereocenters. The SMILES string of the molecule is CCCN(CCO)C(=O)C=Cc1nc2ccccc2o1. The second-order valence-electron chi connectivity index (χ2n) is 4.40. The summed E-state index contributed by atoms with van der Waals surface area (Å²) in [4.78, 5) is 17.8. The Labute approximate surface area is 117 Å². The molecule has 0 bridgehead atoms. The molecule has 106 valence electrons. The number of fused-ring (bicyclic) bond motifs is 1. The highest BCUT2D eigenvalue weighted by atomic mass is 16.3. The van der Waals surface area contributed by atoms with E-state index in [9.17, 15) is 4.79 Å². The van der Waals surface area contributed by atoms with Gasteiger partial charge in [-0.1, -0.05) is 19.1 Å². The third-order valence-electron chi connectivity index (χ3n) is 2.85. The zero-order valence-electron chi connectivity index (χ0n) is 11.5. The van der Waals surface area contributed by atoms with Gasteiger partial charge in [-0.25, -0.2) is 4.98 Å². The van der Waals surface area contributed by atoms with E-state index in [4.69, 9.17) is 9.52 Å². The smallest absolute Gasteiger partial charge is 0.246 e. The minimum atomic E-state index is -0.150. The Morgan fingerprint density at radius 1 is 1.40 bits per heavy atom.